The summed E-state index contributed by atoms with van der Waals surface area (Å²) in [5, 5.41) is 2.97. The first-order valence-corrected chi connectivity index (χ1v) is 11.2. The highest BCUT2D eigenvalue weighted by molar-refractivity contribution is 6.04. The van der Waals surface area contributed by atoms with Gasteiger partial charge in [0.1, 0.15) is 11.3 Å². The number of anilines is 1. The molecule has 1 fully saturated rings. The molecule has 32 heavy (non-hydrogen) atoms. The van der Waals surface area contributed by atoms with Gasteiger partial charge in [-0.15, -0.1) is 0 Å². The molecule has 2 amide bonds. The van der Waals surface area contributed by atoms with Crippen LogP contribution in [0.3, 0.4) is 0 Å². The van der Waals surface area contributed by atoms with E-state index in [-0.39, 0.29) is 23.4 Å². The number of nitrogens with one attached hydrogen (secondary N) is 2. The zero-order valence-corrected chi connectivity index (χ0v) is 19.5. The number of ether oxygens (including phenoxy) is 1. The number of hydrogen-bond acceptors (Lipinski definition) is 6. The van der Waals surface area contributed by atoms with Gasteiger partial charge in [0, 0.05) is 38.5 Å². The quantitative estimate of drug-likeness (QED) is 0.457. The Hall–Kier alpha value is -2.94. The average Bonchev–Trinajstić information content (AvgIpc) is 3.19. The molecule has 0 radical (unpaired) electrons. The van der Waals surface area contributed by atoms with E-state index in [1.807, 2.05) is 25.7 Å². The zero-order chi connectivity index (χ0) is 23.3. The second-order valence-corrected chi connectivity index (χ2v) is 8.86. The summed E-state index contributed by atoms with van der Waals surface area (Å²) >= 11 is 0. The summed E-state index contributed by atoms with van der Waals surface area (Å²) < 4.78 is 5.60. The first kappa shape index (κ1) is 23.7. The molecule has 0 aromatic carbocycles. The largest absolute Gasteiger partial charge is 0.379 e. The number of amides is 2. The second-order valence-electron chi connectivity index (χ2n) is 8.86. The third-order valence-corrected chi connectivity index (χ3v) is 5.67. The number of carbonyl (C=O) groups is 2. The monoisotopic (exact) mass is 442 g/mol. The maximum Gasteiger partial charge on any atom is 0.255 e. The molecule has 1 atom stereocenters. The van der Waals surface area contributed by atoms with Gasteiger partial charge in [0.15, 0.2) is 5.65 Å². The van der Waals surface area contributed by atoms with Gasteiger partial charge in [-0.3, -0.25) is 9.59 Å². The van der Waals surface area contributed by atoms with Crippen molar-refractivity contribution in [1.82, 2.24) is 25.2 Å². The Balaban J connectivity index is 1.73. The molecule has 0 unspecified atom stereocenters. The van der Waals surface area contributed by atoms with Gasteiger partial charge in [-0.25, -0.2) is 9.97 Å². The molecule has 0 spiro atoms. The highest BCUT2D eigenvalue weighted by atomic mass is 16.5. The lowest BCUT2D eigenvalue weighted by Crippen LogP contribution is -2.61. The maximum atomic E-state index is 12.8. The molecule has 1 aliphatic rings. The van der Waals surface area contributed by atoms with Crippen LogP contribution >= 0.6 is 0 Å². The topological polar surface area (TPSA) is 103 Å². The Kier molecular flexibility index (Phi) is 7.50. The van der Waals surface area contributed by atoms with Gasteiger partial charge in [-0.1, -0.05) is 19.9 Å². The number of piperazine rings is 1. The summed E-state index contributed by atoms with van der Waals surface area (Å²) in [6.07, 6.45) is 6.77. The number of carbonyl (C=O) groups excluding carboxylic acids is 2. The van der Waals surface area contributed by atoms with Crippen LogP contribution in [-0.2, 0) is 9.53 Å². The van der Waals surface area contributed by atoms with Gasteiger partial charge in [0.25, 0.3) is 5.91 Å². The Morgan fingerprint density at radius 2 is 2.19 bits per heavy atom. The standard InChI is InChI=1S/C23H34N6O3/c1-6-8-11-32-14-16(3)26-22(31)17-12-24-21-20(17)27-18(13-25-21)28-9-10-29(19(30)7-2)23(4,5)15-28/h7,12-13,16H,2,6,8-11,14-15H2,1,3-5H3,(H,24,25)(H,26,31)/t16-/m0/s1. The van der Waals surface area contributed by atoms with E-state index in [2.05, 4.69) is 33.7 Å². The van der Waals surface area contributed by atoms with Crippen LogP contribution < -0.4 is 10.2 Å². The highest BCUT2D eigenvalue weighted by Gasteiger charge is 2.36. The van der Waals surface area contributed by atoms with Crippen LogP contribution in [0.2, 0.25) is 0 Å². The Morgan fingerprint density at radius 1 is 1.41 bits per heavy atom. The number of hydrogen-bond donors (Lipinski definition) is 2. The molecular weight excluding hydrogens is 408 g/mol. The number of aromatic amines is 1. The average molecular weight is 443 g/mol. The lowest BCUT2D eigenvalue weighted by molar-refractivity contribution is -0.131. The molecule has 9 nitrogen and oxygen atoms in total. The van der Waals surface area contributed by atoms with E-state index >= 15 is 0 Å². The Labute approximate surface area is 189 Å². The van der Waals surface area contributed by atoms with Crippen molar-refractivity contribution < 1.29 is 14.3 Å². The van der Waals surface area contributed by atoms with Gasteiger partial charge in [0.05, 0.1) is 23.9 Å². The predicted molar refractivity (Wildman–Crippen MR) is 125 cm³/mol. The van der Waals surface area contributed by atoms with Crippen molar-refractivity contribution in [2.75, 3.05) is 37.7 Å². The van der Waals surface area contributed by atoms with E-state index in [0.29, 0.717) is 55.4 Å². The molecular formula is C23H34N6O3. The lowest BCUT2D eigenvalue weighted by Gasteiger charge is -2.47. The summed E-state index contributed by atoms with van der Waals surface area (Å²) in [5.41, 5.74) is 1.16. The maximum absolute atomic E-state index is 12.8. The SMILES string of the molecule is C=CC(=O)N1CCN(c2cnc3[nH]cc(C(=O)N[C@@H](C)COCCCC)c3n2)CC1(C)C. The van der Waals surface area contributed by atoms with Crippen LogP contribution in [0, 0.1) is 0 Å². The van der Waals surface area contributed by atoms with Crippen LogP contribution in [-0.4, -0.2) is 76.1 Å². The van der Waals surface area contributed by atoms with E-state index < -0.39 is 0 Å². The third kappa shape index (κ3) is 5.27. The van der Waals surface area contributed by atoms with Crippen LogP contribution in [0.1, 0.15) is 50.9 Å². The molecule has 2 N–H and O–H groups in total. The summed E-state index contributed by atoms with van der Waals surface area (Å²) in [7, 11) is 0. The normalized spacial score (nSPS) is 16.8. The van der Waals surface area contributed by atoms with Gasteiger partial charge in [0.2, 0.25) is 5.91 Å². The number of unbranched alkanes of at least 4 members (excludes halogenated alkanes) is 1. The van der Waals surface area contributed by atoms with Crippen molar-refractivity contribution in [1.29, 1.82) is 0 Å². The van der Waals surface area contributed by atoms with E-state index in [0.717, 1.165) is 12.8 Å². The number of nitrogens with zero attached hydrogens (tertiary/aromatic N) is 4. The fraction of sp³-hybridized carbons (Fsp3) is 0.565. The van der Waals surface area contributed by atoms with Gasteiger partial charge in [-0.2, -0.15) is 0 Å². The molecule has 0 saturated carbocycles. The van der Waals surface area contributed by atoms with Crippen LogP contribution in [0.15, 0.2) is 25.0 Å². The fourth-order valence-electron chi connectivity index (χ4n) is 3.93. The lowest BCUT2D eigenvalue weighted by atomic mass is 9.98. The minimum atomic E-state index is -0.383. The minimum absolute atomic E-state index is 0.0754. The third-order valence-electron chi connectivity index (χ3n) is 5.67. The zero-order valence-electron chi connectivity index (χ0n) is 19.5. The second kappa shape index (κ2) is 10.1. The first-order valence-electron chi connectivity index (χ1n) is 11.2. The van der Waals surface area contributed by atoms with Crippen LogP contribution in [0.25, 0.3) is 11.2 Å². The number of rotatable bonds is 9. The molecule has 174 valence electrons. The molecule has 1 saturated heterocycles. The highest BCUT2D eigenvalue weighted by Crippen LogP contribution is 2.26. The first-order chi connectivity index (χ1) is 15.3. The van der Waals surface area contributed by atoms with Gasteiger partial charge >= 0.3 is 0 Å². The van der Waals surface area contributed by atoms with Crippen LogP contribution in [0.5, 0.6) is 0 Å². The Bertz CT molecular complexity index is 970. The molecule has 2 aromatic rings. The molecule has 1 aliphatic heterocycles. The van der Waals surface area contributed by atoms with Crippen molar-refractivity contribution in [3.63, 3.8) is 0 Å². The van der Waals surface area contributed by atoms with E-state index in [1.54, 1.807) is 12.4 Å². The molecule has 0 bridgehead atoms. The van der Waals surface area contributed by atoms with Crippen molar-refractivity contribution >= 4 is 28.8 Å². The van der Waals surface area contributed by atoms with Crippen molar-refractivity contribution in [3.8, 4) is 0 Å². The smallest absolute Gasteiger partial charge is 0.255 e. The number of aromatic nitrogens is 3. The van der Waals surface area contributed by atoms with E-state index in [9.17, 15) is 9.59 Å². The minimum Gasteiger partial charge on any atom is -0.379 e. The Morgan fingerprint density at radius 3 is 2.88 bits per heavy atom. The number of H-pyrrole nitrogens is 1. The summed E-state index contributed by atoms with van der Waals surface area (Å²) in [6, 6.07) is -0.114. The summed E-state index contributed by atoms with van der Waals surface area (Å²) in [6.45, 7) is 14.6. The molecule has 3 rings (SSSR count). The fourth-order valence-corrected chi connectivity index (χ4v) is 3.93. The molecule has 0 aliphatic carbocycles. The molecule has 2 aromatic heterocycles. The van der Waals surface area contributed by atoms with Crippen molar-refractivity contribution in [2.45, 2.75) is 52.1 Å². The van der Waals surface area contributed by atoms with Crippen LogP contribution in [0.4, 0.5) is 5.82 Å². The van der Waals surface area contributed by atoms with Crippen molar-refractivity contribution in [2.24, 2.45) is 0 Å². The van der Waals surface area contributed by atoms with E-state index in [4.69, 9.17) is 9.72 Å². The summed E-state index contributed by atoms with van der Waals surface area (Å²) in [5.74, 6) is 0.394. The van der Waals surface area contributed by atoms with Crippen molar-refractivity contribution in [3.05, 3.63) is 30.6 Å². The van der Waals surface area contributed by atoms with Gasteiger partial charge < -0.3 is 24.8 Å². The summed E-state index contributed by atoms with van der Waals surface area (Å²) in [4.78, 5) is 41.2. The van der Waals surface area contributed by atoms with E-state index in [1.165, 1.54) is 6.08 Å². The molecule has 3 heterocycles. The number of fused-ring (bicyclic) bond motifs is 1. The molecule has 9 heteroatoms. The van der Waals surface area contributed by atoms with Gasteiger partial charge in [-0.05, 0) is 33.3 Å². The predicted octanol–water partition coefficient (Wildman–Crippen LogP) is 2.51.